The zero-order valence-electron chi connectivity index (χ0n) is 17.3. The molecule has 3 aromatic carbocycles. The van der Waals surface area contributed by atoms with Crippen molar-refractivity contribution >= 4 is 22.3 Å². The van der Waals surface area contributed by atoms with Gasteiger partial charge in [0.2, 0.25) is 5.69 Å². The summed E-state index contributed by atoms with van der Waals surface area (Å²) in [6.07, 6.45) is 3.82. The lowest BCUT2D eigenvalue weighted by Gasteiger charge is -2.16. The number of hydrogen-bond acceptors (Lipinski definition) is 2. The minimum Gasteiger partial charge on any atom is -0.480 e. The molecule has 2 aromatic heterocycles. The van der Waals surface area contributed by atoms with Gasteiger partial charge in [0, 0.05) is 23.4 Å². The van der Waals surface area contributed by atoms with Crippen molar-refractivity contribution in [2.24, 2.45) is 0 Å². The van der Waals surface area contributed by atoms with Gasteiger partial charge in [-0.1, -0.05) is 66.7 Å². The smallest absolute Gasteiger partial charge is 0.327 e. The number of rotatable bonds is 5. The van der Waals surface area contributed by atoms with Gasteiger partial charge < -0.3 is 5.11 Å². The normalized spacial score (nSPS) is 12.1. The highest BCUT2D eigenvalue weighted by atomic mass is 16.4. The lowest BCUT2D eigenvalue weighted by Crippen LogP contribution is -2.39. The number of nitrogens with zero attached hydrogens (tertiary/aromatic N) is 2. The van der Waals surface area contributed by atoms with E-state index < -0.39 is 12.0 Å². The maximum atomic E-state index is 13.6. The maximum Gasteiger partial charge on any atom is 0.327 e. The number of carbonyl (C=O) groups is 1. The third-order valence-corrected chi connectivity index (χ3v) is 5.75. The first-order chi connectivity index (χ1) is 15.6. The number of carboxylic acid groups (broad SMARTS) is 1. The largest absolute Gasteiger partial charge is 0.480 e. The Balaban J connectivity index is 1.81. The van der Waals surface area contributed by atoms with Crippen LogP contribution in [0.25, 0.3) is 27.5 Å². The Hall–Kier alpha value is -4.25. The Morgan fingerprint density at radius 3 is 2.19 bits per heavy atom. The summed E-state index contributed by atoms with van der Waals surface area (Å²) in [5.74, 6) is -1.04. The standard InChI is InChI=1S/C27H20N2O3/c30-26-23-16-21-13-7-8-14-22(21)17-28(23)25(20-11-5-2-6-12-20)18-29(26)24(27(31)32)15-19-9-3-1-4-10-19/h1-14,16-18,24H,15H2/p+1. The number of carboxylic acids is 1. The Bertz CT molecular complexity index is 1490. The van der Waals surface area contributed by atoms with Crippen LogP contribution in [0.1, 0.15) is 11.6 Å². The molecule has 1 N–H and O–H groups in total. The molecule has 5 nitrogen and oxygen atoms in total. The Morgan fingerprint density at radius 2 is 1.50 bits per heavy atom. The van der Waals surface area contributed by atoms with E-state index in [9.17, 15) is 14.7 Å². The molecule has 0 aliphatic heterocycles. The predicted molar refractivity (Wildman–Crippen MR) is 124 cm³/mol. The van der Waals surface area contributed by atoms with Crippen molar-refractivity contribution in [3.05, 3.63) is 119 Å². The van der Waals surface area contributed by atoms with Crippen molar-refractivity contribution in [1.82, 2.24) is 4.57 Å². The third-order valence-electron chi connectivity index (χ3n) is 5.75. The molecule has 0 radical (unpaired) electrons. The molecule has 5 rings (SSSR count). The zero-order valence-corrected chi connectivity index (χ0v) is 17.3. The van der Waals surface area contributed by atoms with Crippen molar-refractivity contribution in [1.29, 1.82) is 0 Å². The van der Waals surface area contributed by atoms with Gasteiger partial charge in [0.1, 0.15) is 6.04 Å². The van der Waals surface area contributed by atoms with E-state index in [1.807, 2.05) is 102 Å². The minimum atomic E-state index is -1.04. The van der Waals surface area contributed by atoms with Gasteiger partial charge in [-0.15, -0.1) is 0 Å². The van der Waals surface area contributed by atoms with Crippen molar-refractivity contribution in [3.8, 4) is 11.3 Å². The zero-order chi connectivity index (χ0) is 22.1. The maximum absolute atomic E-state index is 13.6. The summed E-state index contributed by atoms with van der Waals surface area (Å²) in [6, 6.07) is 27.7. The summed E-state index contributed by atoms with van der Waals surface area (Å²) < 4.78 is 3.22. The molecular weight excluding hydrogens is 400 g/mol. The quantitative estimate of drug-likeness (QED) is 0.340. The molecule has 0 aliphatic carbocycles. The summed E-state index contributed by atoms with van der Waals surface area (Å²) in [5.41, 5.74) is 2.61. The number of aromatic nitrogens is 2. The summed E-state index contributed by atoms with van der Waals surface area (Å²) in [6.45, 7) is 0. The second kappa shape index (κ2) is 8.12. The third kappa shape index (κ3) is 3.54. The van der Waals surface area contributed by atoms with E-state index in [2.05, 4.69) is 0 Å². The van der Waals surface area contributed by atoms with Crippen LogP contribution >= 0.6 is 0 Å². The molecule has 1 atom stereocenters. The SMILES string of the molecule is O=C(O)C(Cc1ccccc1)n1cc(-c2ccccc2)[n+]2cc3ccccc3cc2c1=O. The first-order valence-corrected chi connectivity index (χ1v) is 10.4. The molecule has 0 saturated carbocycles. The van der Waals surface area contributed by atoms with Gasteiger partial charge in [0.25, 0.3) is 5.52 Å². The van der Waals surface area contributed by atoms with Gasteiger partial charge in [-0.2, -0.15) is 4.40 Å². The van der Waals surface area contributed by atoms with Crippen molar-refractivity contribution in [2.45, 2.75) is 12.5 Å². The van der Waals surface area contributed by atoms with Crippen LogP contribution in [-0.2, 0) is 11.2 Å². The van der Waals surface area contributed by atoms with E-state index in [4.69, 9.17) is 0 Å². The molecule has 5 aromatic rings. The van der Waals surface area contributed by atoms with E-state index in [1.54, 1.807) is 6.20 Å². The van der Waals surface area contributed by atoms with Crippen LogP contribution in [0.5, 0.6) is 0 Å². The Labute approximate surface area is 184 Å². The second-order valence-corrected chi connectivity index (χ2v) is 7.79. The minimum absolute atomic E-state index is 0.216. The average molecular weight is 421 g/mol. The number of benzene rings is 3. The van der Waals surface area contributed by atoms with E-state index >= 15 is 0 Å². The molecule has 2 heterocycles. The van der Waals surface area contributed by atoms with Gasteiger partial charge in [-0.05, 0) is 29.1 Å². The molecule has 0 fully saturated rings. The van der Waals surface area contributed by atoms with Crippen LogP contribution in [0.3, 0.4) is 0 Å². The molecule has 5 heteroatoms. The average Bonchev–Trinajstić information content (AvgIpc) is 2.83. The van der Waals surface area contributed by atoms with Crippen molar-refractivity contribution in [2.75, 3.05) is 0 Å². The topological polar surface area (TPSA) is 63.4 Å². The molecule has 0 bridgehead atoms. The molecule has 0 saturated heterocycles. The fraction of sp³-hybridized carbons (Fsp3) is 0.0741. The van der Waals surface area contributed by atoms with Gasteiger partial charge in [0.05, 0.1) is 6.20 Å². The first kappa shape index (κ1) is 19.7. The van der Waals surface area contributed by atoms with Crippen molar-refractivity contribution < 1.29 is 14.3 Å². The molecule has 32 heavy (non-hydrogen) atoms. The number of fused-ring (bicyclic) bond motifs is 2. The van der Waals surface area contributed by atoms with Gasteiger partial charge in [0.15, 0.2) is 6.20 Å². The summed E-state index contributed by atoms with van der Waals surface area (Å²) in [7, 11) is 0. The number of hydrogen-bond donors (Lipinski definition) is 1. The molecule has 156 valence electrons. The van der Waals surface area contributed by atoms with Gasteiger partial charge in [-0.3, -0.25) is 9.36 Å². The predicted octanol–water partition coefficient (Wildman–Crippen LogP) is 4.28. The van der Waals surface area contributed by atoms with Crippen molar-refractivity contribution in [3.63, 3.8) is 0 Å². The van der Waals surface area contributed by atoms with Crippen LogP contribution in [0.2, 0.25) is 0 Å². The van der Waals surface area contributed by atoms with Gasteiger partial charge in [-0.25, -0.2) is 4.79 Å². The molecule has 0 amide bonds. The van der Waals surface area contributed by atoms with Gasteiger partial charge >= 0.3 is 11.5 Å². The molecule has 0 aliphatic rings. The summed E-state index contributed by atoms with van der Waals surface area (Å²) in [4.78, 5) is 25.9. The summed E-state index contributed by atoms with van der Waals surface area (Å²) in [5, 5.41) is 12.0. The fourth-order valence-electron chi connectivity index (χ4n) is 4.13. The number of aliphatic carboxylic acids is 1. The lowest BCUT2D eigenvalue weighted by molar-refractivity contribution is -0.499. The lowest BCUT2D eigenvalue weighted by atomic mass is 10.0. The second-order valence-electron chi connectivity index (χ2n) is 7.79. The highest BCUT2D eigenvalue weighted by molar-refractivity contribution is 5.84. The first-order valence-electron chi connectivity index (χ1n) is 10.4. The highest BCUT2D eigenvalue weighted by Gasteiger charge is 2.27. The Morgan fingerprint density at radius 1 is 0.875 bits per heavy atom. The van der Waals surface area contributed by atoms with Crippen LogP contribution in [0.4, 0.5) is 0 Å². The van der Waals surface area contributed by atoms with Crippen LogP contribution in [0, 0.1) is 0 Å². The number of pyridine rings is 1. The monoisotopic (exact) mass is 421 g/mol. The molecule has 0 spiro atoms. The van der Waals surface area contributed by atoms with E-state index in [0.717, 1.165) is 27.6 Å². The van der Waals surface area contributed by atoms with E-state index in [0.29, 0.717) is 5.52 Å². The fourth-order valence-corrected chi connectivity index (χ4v) is 4.13. The van der Waals surface area contributed by atoms with Crippen LogP contribution < -0.4 is 9.96 Å². The van der Waals surface area contributed by atoms with E-state index in [-0.39, 0.29) is 12.0 Å². The summed E-state index contributed by atoms with van der Waals surface area (Å²) >= 11 is 0. The highest BCUT2D eigenvalue weighted by Crippen LogP contribution is 2.21. The van der Waals surface area contributed by atoms with Crippen LogP contribution in [-0.4, -0.2) is 15.6 Å². The molecule has 1 unspecified atom stereocenters. The van der Waals surface area contributed by atoms with Crippen LogP contribution in [0.15, 0.2) is 108 Å². The molecular formula is C27H21N2O3+. The Kier molecular flexibility index (Phi) is 5.00. The van der Waals surface area contributed by atoms with E-state index in [1.165, 1.54) is 4.57 Å².